The Bertz CT molecular complexity index is 511. The van der Waals surface area contributed by atoms with Gasteiger partial charge in [0.2, 0.25) is 0 Å². The van der Waals surface area contributed by atoms with Crippen LogP contribution >= 0.6 is 0 Å². The zero-order valence-corrected chi connectivity index (χ0v) is 17.9. The Labute approximate surface area is 166 Å². The summed E-state index contributed by atoms with van der Waals surface area (Å²) in [6, 6.07) is 0.634. The van der Waals surface area contributed by atoms with Crippen LogP contribution in [0.2, 0.25) is 0 Å². The summed E-state index contributed by atoms with van der Waals surface area (Å²) in [7, 11) is 0. The van der Waals surface area contributed by atoms with Crippen LogP contribution in [0.15, 0.2) is 12.4 Å². The van der Waals surface area contributed by atoms with Crippen LogP contribution in [0.3, 0.4) is 0 Å². The van der Waals surface area contributed by atoms with Crippen molar-refractivity contribution in [1.82, 2.24) is 14.7 Å². The predicted molar refractivity (Wildman–Crippen MR) is 113 cm³/mol. The van der Waals surface area contributed by atoms with Crippen LogP contribution < -0.4 is 0 Å². The van der Waals surface area contributed by atoms with Crippen molar-refractivity contribution in [2.45, 2.75) is 91.0 Å². The van der Waals surface area contributed by atoms with Gasteiger partial charge in [-0.2, -0.15) is 5.10 Å². The lowest BCUT2D eigenvalue weighted by Gasteiger charge is -2.32. The summed E-state index contributed by atoms with van der Waals surface area (Å²) in [5.41, 5.74) is 1.37. The molecule has 1 aromatic heterocycles. The lowest BCUT2D eigenvalue weighted by atomic mass is 9.86. The number of likely N-dealkylation sites (tertiary alicyclic amines) is 1. The molecule has 2 aliphatic rings. The summed E-state index contributed by atoms with van der Waals surface area (Å²) in [6.07, 6.45) is 19.2. The Morgan fingerprint density at radius 3 is 2.37 bits per heavy atom. The number of carbonyl (C=O) groups is 1. The predicted octanol–water partition coefficient (Wildman–Crippen LogP) is 5.28. The Balaban J connectivity index is 0.000000465. The number of aldehydes is 1. The zero-order chi connectivity index (χ0) is 19.5. The van der Waals surface area contributed by atoms with E-state index in [2.05, 4.69) is 27.8 Å². The van der Waals surface area contributed by atoms with Crippen molar-refractivity contribution < 1.29 is 4.79 Å². The van der Waals surface area contributed by atoms with Gasteiger partial charge in [-0.1, -0.05) is 52.9 Å². The van der Waals surface area contributed by atoms with Crippen molar-refractivity contribution in [2.75, 3.05) is 19.6 Å². The third-order valence-corrected chi connectivity index (χ3v) is 6.08. The zero-order valence-electron chi connectivity index (χ0n) is 17.9. The SMILES string of the molecule is CC(C)C=O.CCc1cnn(C2CCN(CCCC3CCCCC3)CC2)c1. The second-order valence-corrected chi connectivity index (χ2v) is 8.78. The lowest BCUT2D eigenvalue weighted by molar-refractivity contribution is -0.110. The van der Waals surface area contributed by atoms with Gasteiger partial charge >= 0.3 is 0 Å². The molecule has 1 aromatic rings. The minimum absolute atomic E-state index is 0.204. The fourth-order valence-electron chi connectivity index (χ4n) is 4.25. The minimum atomic E-state index is 0.204. The third kappa shape index (κ3) is 8.16. The molecule has 2 heterocycles. The molecule has 1 saturated heterocycles. The summed E-state index contributed by atoms with van der Waals surface area (Å²) < 4.78 is 2.22. The number of rotatable bonds is 7. The Kier molecular flexibility index (Phi) is 10.1. The van der Waals surface area contributed by atoms with Crippen molar-refractivity contribution in [2.24, 2.45) is 11.8 Å². The number of aromatic nitrogens is 2. The van der Waals surface area contributed by atoms with E-state index in [1.807, 2.05) is 20.0 Å². The van der Waals surface area contributed by atoms with Gasteiger partial charge in [-0.15, -0.1) is 0 Å². The molecule has 2 fully saturated rings. The molecule has 1 aliphatic carbocycles. The van der Waals surface area contributed by atoms with Crippen molar-refractivity contribution in [3.63, 3.8) is 0 Å². The molecule has 0 atom stereocenters. The molecule has 0 unspecified atom stereocenters. The topological polar surface area (TPSA) is 38.1 Å². The van der Waals surface area contributed by atoms with E-state index in [0.29, 0.717) is 6.04 Å². The van der Waals surface area contributed by atoms with Crippen molar-refractivity contribution in [1.29, 1.82) is 0 Å². The average Bonchev–Trinajstić information content (AvgIpc) is 3.19. The number of hydrogen-bond donors (Lipinski definition) is 0. The standard InChI is InChI=1S/C19H33N3.C4H8O/c1-2-17-15-20-22(16-17)19-10-13-21(14-11-19)12-6-9-18-7-4-3-5-8-18;1-4(2)3-5/h15-16,18-19H,2-14H2,1H3;3-4H,1-2H3. The third-order valence-electron chi connectivity index (χ3n) is 6.08. The van der Waals surface area contributed by atoms with Gasteiger partial charge < -0.3 is 9.69 Å². The van der Waals surface area contributed by atoms with E-state index in [1.165, 1.54) is 83.0 Å². The summed E-state index contributed by atoms with van der Waals surface area (Å²) >= 11 is 0. The summed E-state index contributed by atoms with van der Waals surface area (Å²) in [4.78, 5) is 12.2. The maximum absolute atomic E-state index is 9.50. The van der Waals surface area contributed by atoms with Gasteiger partial charge in [0.15, 0.2) is 0 Å². The Morgan fingerprint density at radius 1 is 1.15 bits per heavy atom. The van der Waals surface area contributed by atoms with E-state index in [1.54, 1.807) is 0 Å². The van der Waals surface area contributed by atoms with Gasteiger partial charge in [0.25, 0.3) is 0 Å². The number of carbonyl (C=O) groups excluding carboxylic acids is 1. The monoisotopic (exact) mass is 375 g/mol. The number of hydrogen-bond acceptors (Lipinski definition) is 3. The molecule has 0 N–H and O–H groups in total. The molecule has 154 valence electrons. The van der Waals surface area contributed by atoms with Gasteiger partial charge in [0, 0.05) is 25.2 Å². The van der Waals surface area contributed by atoms with E-state index < -0.39 is 0 Å². The molecule has 1 saturated carbocycles. The van der Waals surface area contributed by atoms with Crippen molar-refractivity contribution in [3.05, 3.63) is 18.0 Å². The molecule has 27 heavy (non-hydrogen) atoms. The molecule has 4 nitrogen and oxygen atoms in total. The highest BCUT2D eigenvalue weighted by atomic mass is 16.1. The van der Waals surface area contributed by atoms with Crippen LogP contribution in [-0.4, -0.2) is 40.6 Å². The molecule has 0 radical (unpaired) electrons. The van der Waals surface area contributed by atoms with E-state index in [4.69, 9.17) is 0 Å². The smallest absolute Gasteiger partial charge is 0.122 e. The van der Waals surface area contributed by atoms with Crippen LogP contribution in [-0.2, 0) is 11.2 Å². The van der Waals surface area contributed by atoms with Crippen LogP contribution in [0.1, 0.15) is 90.2 Å². The fraction of sp³-hybridized carbons (Fsp3) is 0.826. The van der Waals surface area contributed by atoms with Gasteiger partial charge in [-0.05, 0) is 50.1 Å². The molecular formula is C23H41N3O. The first kappa shape index (κ1) is 22.1. The first-order chi connectivity index (χ1) is 13.1. The highest BCUT2D eigenvalue weighted by Gasteiger charge is 2.21. The van der Waals surface area contributed by atoms with Crippen LogP contribution in [0, 0.1) is 11.8 Å². The second-order valence-electron chi connectivity index (χ2n) is 8.78. The van der Waals surface area contributed by atoms with Gasteiger partial charge in [0.1, 0.15) is 6.29 Å². The fourth-order valence-corrected chi connectivity index (χ4v) is 4.25. The first-order valence-electron chi connectivity index (χ1n) is 11.3. The highest BCUT2D eigenvalue weighted by molar-refractivity contribution is 5.51. The van der Waals surface area contributed by atoms with Crippen LogP contribution in [0.5, 0.6) is 0 Å². The molecule has 4 heteroatoms. The summed E-state index contributed by atoms with van der Waals surface area (Å²) in [5, 5.41) is 4.56. The molecule has 1 aliphatic heterocycles. The van der Waals surface area contributed by atoms with Crippen LogP contribution in [0.25, 0.3) is 0 Å². The average molecular weight is 376 g/mol. The number of nitrogens with zero attached hydrogens (tertiary/aromatic N) is 3. The second kappa shape index (κ2) is 12.3. The van der Waals surface area contributed by atoms with Gasteiger partial charge in [-0.3, -0.25) is 4.68 Å². The molecular weight excluding hydrogens is 334 g/mol. The van der Waals surface area contributed by atoms with Gasteiger partial charge in [-0.25, -0.2) is 0 Å². The quantitative estimate of drug-likeness (QED) is 0.608. The maximum atomic E-state index is 9.50. The molecule has 3 rings (SSSR count). The van der Waals surface area contributed by atoms with Crippen LogP contribution in [0.4, 0.5) is 0 Å². The molecule has 0 bridgehead atoms. The van der Waals surface area contributed by atoms with Crippen molar-refractivity contribution >= 4 is 6.29 Å². The van der Waals surface area contributed by atoms with E-state index in [-0.39, 0.29) is 5.92 Å². The molecule has 0 aromatic carbocycles. The molecule has 0 spiro atoms. The van der Waals surface area contributed by atoms with E-state index in [9.17, 15) is 4.79 Å². The van der Waals surface area contributed by atoms with E-state index >= 15 is 0 Å². The largest absolute Gasteiger partial charge is 0.303 e. The summed E-state index contributed by atoms with van der Waals surface area (Å²) in [6.45, 7) is 9.76. The Hall–Kier alpha value is -1.16. The van der Waals surface area contributed by atoms with Gasteiger partial charge in [0.05, 0.1) is 12.2 Å². The van der Waals surface area contributed by atoms with E-state index in [0.717, 1.165) is 18.6 Å². The highest BCUT2D eigenvalue weighted by Crippen LogP contribution is 2.28. The lowest BCUT2D eigenvalue weighted by Crippen LogP contribution is -2.35. The first-order valence-corrected chi connectivity index (χ1v) is 11.3. The van der Waals surface area contributed by atoms with Crippen molar-refractivity contribution in [3.8, 4) is 0 Å². The minimum Gasteiger partial charge on any atom is -0.303 e. The maximum Gasteiger partial charge on any atom is 0.122 e. The molecule has 0 amide bonds. The number of piperidine rings is 1. The Morgan fingerprint density at radius 2 is 1.81 bits per heavy atom. The summed E-state index contributed by atoms with van der Waals surface area (Å²) in [5.74, 6) is 1.25. The number of aryl methyl sites for hydroxylation is 1. The normalized spacial score (nSPS) is 19.7.